The summed E-state index contributed by atoms with van der Waals surface area (Å²) in [5.41, 5.74) is -1.82. The number of rotatable bonds is 0. The van der Waals surface area contributed by atoms with Crippen LogP contribution in [-0.4, -0.2) is 20.5 Å². The van der Waals surface area contributed by atoms with Crippen LogP contribution in [-0.2, 0) is 14.3 Å². The van der Waals surface area contributed by atoms with Crippen LogP contribution in [0.4, 0.5) is 4.39 Å². The van der Waals surface area contributed by atoms with Gasteiger partial charge in [-0.1, -0.05) is 6.92 Å². The Morgan fingerprint density at radius 2 is 2.22 bits per heavy atom. The summed E-state index contributed by atoms with van der Waals surface area (Å²) >= 11 is 0. The van der Waals surface area contributed by atoms with E-state index < -0.39 is 21.5 Å². The molecule has 1 aliphatic heterocycles. The highest BCUT2D eigenvalue weighted by Gasteiger charge is 2.38. The van der Waals surface area contributed by atoms with Gasteiger partial charge in [0.1, 0.15) is 0 Å². The first-order valence-electron chi connectivity index (χ1n) is 2.56. The van der Waals surface area contributed by atoms with Crippen molar-refractivity contribution in [3.63, 3.8) is 0 Å². The van der Waals surface area contributed by atoms with Crippen LogP contribution in [0.25, 0.3) is 0 Å². The molecule has 1 rings (SSSR count). The lowest BCUT2D eigenvalue weighted by atomic mass is 10.2. The van der Waals surface area contributed by atoms with E-state index in [-0.39, 0.29) is 6.61 Å². The van der Waals surface area contributed by atoms with Gasteiger partial charge in [0.05, 0.1) is 6.61 Å². The highest BCUT2D eigenvalue weighted by molar-refractivity contribution is 7.87. The Hall–Kier alpha value is -0.160. The second kappa shape index (κ2) is 1.91. The highest BCUT2D eigenvalue weighted by Crippen LogP contribution is 2.23. The Balaban J connectivity index is 2.87. The predicted octanol–water partition coefficient (Wildman–Crippen LogP) is 0.278. The van der Waals surface area contributed by atoms with E-state index in [0.29, 0.717) is 0 Å². The molecule has 0 aromatic rings. The molecule has 2 atom stereocenters. The summed E-state index contributed by atoms with van der Waals surface area (Å²) in [6.45, 7) is 1.47. The molecule has 0 spiro atoms. The molecule has 1 saturated heterocycles. The van der Waals surface area contributed by atoms with Gasteiger partial charge in [-0.05, 0) is 0 Å². The zero-order valence-corrected chi connectivity index (χ0v) is 5.69. The average molecular weight is 154 g/mol. The molecule has 1 heterocycles. The smallest absolute Gasteiger partial charge is 0.267 e. The van der Waals surface area contributed by atoms with Gasteiger partial charge in [0, 0.05) is 5.92 Å². The fourth-order valence-electron chi connectivity index (χ4n) is 0.627. The Morgan fingerprint density at radius 3 is 2.33 bits per heavy atom. The second-order valence-electron chi connectivity index (χ2n) is 2.11. The van der Waals surface area contributed by atoms with Gasteiger partial charge >= 0.3 is 0 Å². The van der Waals surface area contributed by atoms with E-state index in [1.54, 1.807) is 0 Å². The zero-order valence-electron chi connectivity index (χ0n) is 4.87. The van der Waals surface area contributed by atoms with Crippen LogP contribution in [0, 0.1) is 5.92 Å². The molecule has 0 amide bonds. The summed E-state index contributed by atoms with van der Waals surface area (Å²) in [5.74, 6) is -0.519. The molecule has 54 valence electrons. The highest BCUT2D eigenvalue weighted by atomic mass is 32.2. The van der Waals surface area contributed by atoms with Crippen molar-refractivity contribution in [2.24, 2.45) is 5.92 Å². The molecule has 0 aromatic carbocycles. The normalized spacial score (nSPS) is 41.1. The summed E-state index contributed by atoms with van der Waals surface area (Å²) in [7, 11) is -3.84. The third-order valence-corrected chi connectivity index (χ3v) is 2.70. The fourth-order valence-corrected chi connectivity index (χ4v) is 1.81. The fraction of sp³-hybridized carbons (Fsp3) is 1.00. The molecule has 1 fully saturated rings. The summed E-state index contributed by atoms with van der Waals surface area (Å²) in [6.07, 6.45) is 0. The van der Waals surface area contributed by atoms with Crippen LogP contribution in [0.3, 0.4) is 0 Å². The van der Waals surface area contributed by atoms with Crippen LogP contribution < -0.4 is 0 Å². The van der Waals surface area contributed by atoms with Gasteiger partial charge in [-0.15, -0.1) is 0 Å². The molecule has 1 aliphatic rings. The Kier molecular flexibility index (Phi) is 1.48. The molecular formula is C4H7FO3S. The lowest BCUT2D eigenvalue weighted by Gasteiger charge is -1.97. The first-order valence-corrected chi connectivity index (χ1v) is 4.03. The number of hydrogen-bond acceptors (Lipinski definition) is 3. The lowest BCUT2D eigenvalue weighted by Crippen LogP contribution is -2.13. The molecule has 0 aromatic heterocycles. The monoisotopic (exact) mass is 154 g/mol. The Morgan fingerprint density at radius 1 is 1.67 bits per heavy atom. The maximum absolute atomic E-state index is 12.4. The van der Waals surface area contributed by atoms with Crippen molar-refractivity contribution in [2.75, 3.05) is 6.61 Å². The molecule has 2 unspecified atom stereocenters. The quantitative estimate of drug-likeness (QED) is 0.470. The van der Waals surface area contributed by atoms with E-state index in [2.05, 4.69) is 4.18 Å². The minimum Gasteiger partial charge on any atom is -0.267 e. The first-order chi connectivity index (χ1) is 4.04. The minimum absolute atomic E-state index is 0.0243. The maximum Gasteiger partial charge on any atom is 0.300 e. The van der Waals surface area contributed by atoms with Gasteiger partial charge in [0.15, 0.2) is 0 Å². The van der Waals surface area contributed by atoms with E-state index in [9.17, 15) is 12.8 Å². The molecule has 0 bridgehead atoms. The molecule has 0 saturated carbocycles. The van der Waals surface area contributed by atoms with Crippen LogP contribution in [0.15, 0.2) is 0 Å². The molecule has 3 nitrogen and oxygen atoms in total. The van der Waals surface area contributed by atoms with Gasteiger partial charge in [-0.2, -0.15) is 8.42 Å². The molecule has 5 heteroatoms. The minimum atomic E-state index is -3.84. The maximum atomic E-state index is 12.4. The lowest BCUT2D eigenvalue weighted by molar-refractivity contribution is 0.293. The van der Waals surface area contributed by atoms with Crippen LogP contribution in [0.5, 0.6) is 0 Å². The van der Waals surface area contributed by atoms with Crippen molar-refractivity contribution in [3.05, 3.63) is 0 Å². The molecule has 0 aliphatic carbocycles. The van der Waals surface area contributed by atoms with Crippen molar-refractivity contribution in [1.82, 2.24) is 0 Å². The topological polar surface area (TPSA) is 43.4 Å². The molecule has 0 radical (unpaired) electrons. The van der Waals surface area contributed by atoms with Gasteiger partial charge in [-0.3, -0.25) is 4.18 Å². The molecular weight excluding hydrogens is 147 g/mol. The standard InChI is InChI=1S/C4H7FO3S/c1-3-2-8-9(6,7)4(3)5/h3-4H,2H2,1H3. The van der Waals surface area contributed by atoms with E-state index in [1.807, 2.05) is 0 Å². The van der Waals surface area contributed by atoms with Crippen molar-refractivity contribution >= 4 is 10.1 Å². The van der Waals surface area contributed by atoms with Crippen molar-refractivity contribution in [2.45, 2.75) is 12.4 Å². The summed E-state index contributed by atoms with van der Waals surface area (Å²) in [6, 6.07) is 0. The van der Waals surface area contributed by atoms with Gasteiger partial charge in [0.25, 0.3) is 10.1 Å². The van der Waals surface area contributed by atoms with Crippen molar-refractivity contribution in [3.8, 4) is 0 Å². The summed E-state index contributed by atoms with van der Waals surface area (Å²) < 4.78 is 37.3. The van der Waals surface area contributed by atoms with E-state index in [0.717, 1.165) is 0 Å². The van der Waals surface area contributed by atoms with E-state index in [1.165, 1.54) is 6.92 Å². The van der Waals surface area contributed by atoms with E-state index >= 15 is 0 Å². The average Bonchev–Trinajstić information content (AvgIpc) is 1.97. The summed E-state index contributed by atoms with van der Waals surface area (Å²) in [4.78, 5) is 0. The van der Waals surface area contributed by atoms with Crippen LogP contribution in [0.1, 0.15) is 6.92 Å². The molecule has 9 heavy (non-hydrogen) atoms. The number of halogens is 1. The molecule has 0 N–H and O–H groups in total. The Labute approximate surface area is 52.9 Å². The third kappa shape index (κ3) is 1.07. The number of alkyl halides is 1. The van der Waals surface area contributed by atoms with Crippen LogP contribution >= 0.6 is 0 Å². The number of hydrogen-bond donors (Lipinski definition) is 0. The van der Waals surface area contributed by atoms with E-state index in [4.69, 9.17) is 0 Å². The summed E-state index contributed by atoms with van der Waals surface area (Å²) in [5, 5.41) is 0. The van der Waals surface area contributed by atoms with Gasteiger partial charge < -0.3 is 0 Å². The first kappa shape index (κ1) is 6.95. The van der Waals surface area contributed by atoms with Crippen molar-refractivity contribution in [1.29, 1.82) is 0 Å². The SMILES string of the molecule is CC1COS(=O)(=O)C1F. The second-order valence-corrected chi connectivity index (χ2v) is 3.78. The Bertz CT molecular complexity index is 198. The third-order valence-electron chi connectivity index (χ3n) is 1.22. The van der Waals surface area contributed by atoms with Gasteiger partial charge in [-0.25, -0.2) is 4.39 Å². The largest absolute Gasteiger partial charge is 0.300 e. The predicted molar refractivity (Wildman–Crippen MR) is 28.9 cm³/mol. The van der Waals surface area contributed by atoms with Gasteiger partial charge in [0.2, 0.25) is 5.50 Å². The zero-order chi connectivity index (χ0) is 7.07. The van der Waals surface area contributed by atoms with Crippen LogP contribution in [0.2, 0.25) is 0 Å². The van der Waals surface area contributed by atoms with Crippen molar-refractivity contribution < 1.29 is 17.0 Å².